The van der Waals surface area contributed by atoms with Gasteiger partial charge in [-0.25, -0.2) is 4.98 Å². The summed E-state index contributed by atoms with van der Waals surface area (Å²) < 4.78 is 1.16. The SMILES string of the molecule is Cc1ccc2nc(-c3ccc(N=Cc4ccc(O)c(O)c4O)cc3)sc2c1. The van der Waals surface area contributed by atoms with E-state index in [4.69, 9.17) is 0 Å². The van der Waals surface area contributed by atoms with E-state index in [0.29, 0.717) is 11.3 Å². The number of hydrogen-bond donors (Lipinski definition) is 3. The molecule has 0 aliphatic heterocycles. The molecule has 0 saturated heterocycles. The van der Waals surface area contributed by atoms with Crippen LogP contribution in [0.2, 0.25) is 0 Å². The van der Waals surface area contributed by atoms with Crippen molar-refractivity contribution in [2.24, 2.45) is 4.99 Å². The van der Waals surface area contributed by atoms with Crippen molar-refractivity contribution in [1.82, 2.24) is 4.98 Å². The van der Waals surface area contributed by atoms with E-state index in [1.165, 1.54) is 23.9 Å². The Kier molecular flexibility index (Phi) is 4.25. The molecule has 0 aliphatic carbocycles. The van der Waals surface area contributed by atoms with Crippen LogP contribution >= 0.6 is 11.3 Å². The first-order valence-electron chi connectivity index (χ1n) is 8.27. The van der Waals surface area contributed by atoms with Gasteiger partial charge in [0, 0.05) is 17.3 Å². The van der Waals surface area contributed by atoms with Gasteiger partial charge in [0.15, 0.2) is 11.5 Å². The number of aliphatic imine (C=N–C) groups is 1. The Morgan fingerprint density at radius 2 is 1.70 bits per heavy atom. The van der Waals surface area contributed by atoms with Gasteiger partial charge in [-0.2, -0.15) is 0 Å². The number of aryl methyl sites for hydroxylation is 1. The minimum Gasteiger partial charge on any atom is -0.504 e. The summed E-state index contributed by atoms with van der Waals surface area (Å²) in [6.45, 7) is 2.07. The third kappa shape index (κ3) is 3.35. The van der Waals surface area contributed by atoms with Crippen molar-refractivity contribution in [3.05, 3.63) is 65.7 Å². The summed E-state index contributed by atoms with van der Waals surface area (Å²) in [6.07, 6.45) is 1.43. The fourth-order valence-corrected chi connectivity index (χ4v) is 3.75. The Hall–Kier alpha value is -3.38. The maximum Gasteiger partial charge on any atom is 0.200 e. The van der Waals surface area contributed by atoms with E-state index in [9.17, 15) is 15.3 Å². The maximum absolute atomic E-state index is 9.83. The van der Waals surface area contributed by atoms with E-state index in [1.54, 1.807) is 11.3 Å². The lowest BCUT2D eigenvalue weighted by Gasteiger charge is -2.03. The molecule has 0 amide bonds. The number of aromatic hydroxyl groups is 3. The molecule has 27 heavy (non-hydrogen) atoms. The van der Waals surface area contributed by atoms with Gasteiger partial charge in [0.1, 0.15) is 5.01 Å². The third-order valence-electron chi connectivity index (χ3n) is 4.17. The summed E-state index contributed by atoms with van der Waals surface area (Å²) in [5.74, 6) is -1.33. The van der Waals surface area contributed by atoms with Crippen LogP contribution in [0.25, 0.3) is 20.8 Å². The monoisotopic (exact) mass is 376 g/mol. The van der Waals surface area contributed by atoms with Crippen molar-refractivity contribution in [1.29, 1.82) is 0 Å². The van der Waals surface area contributed by atoms with E-state index in [1.807, 2.05) is 30.3 Å². The Morgan fingerprint density at radius 1 is 0.926 bits per heavy atom. The van der Waals surface area contributed by atoms with E-state index in [-0.39, 0.29) is 5.75 Å². The molecule has 0 bridgehead atoms. The average Bonchev–Trinajstić information content (AvgIpc) is 3.09. The molecule has 5 nitrogen and oxygen atoms in total. The number of fused-ring (bicyclic) bond motifs is 1. The quantitative estimate of drug-likeness (QED) is 0.341. The first-order chi connectivity index (χ1) is 13.0. The topological polar surface area (TPSA) is 85.9 Å². The maximum atomic E-state index is 9.83. The molecule has 1 aromatic heterocycles. The summed E-state index contributed by atoms with van der Waals surface area (Å²) >= 11 is 1.65. The molecule has 0 fully saturated rings. The first kappa shape index (κ1) is 17.1. The second kappa shape index (κ2) is 6.74. The summed E-state index contributed by atoms with van der Waals surface area (Å²) in [4.78, 5) is 8.97. The van der Waals surface area contributed by atoms with Crippen molar-refractivity contribution >= 4 is 33.5 Å². The molecule has 1 heterocycles. The fourth-order valence-electron chi connectivity index (χ4n) is 2.68. The lowest BCUT2D eigenvalue weighted by atomic mass is 10.2. The molecule has 0 aliphatic rings. The number of hydrogen-bond acceptors (Lipinski definition) is 6. The lowest BCUT2D eigenvalue weighted by Crippen LogP contribution is -1.83. The van der Waals surface area contributed by atoms with Gasteiger partial charge in [-0.3, -0.25) is 4.99 Å². The Labute approximate surface area is 159 Å². The highest BCUT2D eigenvalue weighted by Crippen LogP contribution is 2.36. The largest absolute Gasteiger partial charge is 0.504 e. The highest BCUT2D eigenvalue weighted by atomic mass is 32.1. The second-order valence-electron chi connectivity index (χ2n) is 6.17. The van der Waals surface area contributed by atoms with Crippen molar-refractivity contribution in [3.8, 4) is 27.8 Å². The number of nitrogens with zero attached hydrogens (tertiary/aromatic N) is 2. The van der Waals surface area contributed by atoms with Crippen LogP contribution in [0, 0.1) is 6.92 Å². The normalized spacial score (nSPS) is 11.4. The van der Waals surface area contributed by atoms with E-state index >= 15 is 0 Å². The van der Waals surface area contributed by atoms with Crippen LogP contribution < -0.4 is 0 Å². The van der Waals surface area contributed by atoms with E-state index < -0.39 is 11.5 Å². The molecule has 0 spiro atoms. The van der Waals surface area contributed by atoms with Crippen LogP contribution in [0.3, 0.4) is 0 Å². The van der Waals surface area contributed by atoms with Gasteiger partial charge in [0.25, 0.3) is 0 Å². The smallest absolute Gasteiger partial charge is 0.200 e. The number of thiazole rings is 1. The number of aromatic nitrogens is 1. The van der Waals surface area contributed by atoms with Gasteiger partial charge in [0.05, 0.1) is 15.9 Å². The fraction of sp³-hybridized carbons (Fsp3) is 0.0476. The summed E-state index contributed by atoms with van der Waals surface area (Å²) in [6, 6.07) is 16.6. The molecule has 3 N–H and O–H groups in total. The van der Waals surface area contributed by atoms with Crippen LogP contribution in [-0.4, -0.2) is 26.5 Å². The van der Waals surface area contributed by atoms with Gasteiger partial charge in [-0.05, 0) is 61.0 Å². The Bertz CT molecular complexity index is 1160. The van der Waals surface area contributed by atoms with E-state index in [0.717, 1.165) is 20.8 Å². The van der Waals surface area contributed by atoms with Crippen LogP contribution in [0.5, 0.6) is 17.2 Å². The summed E-state index contributed by atoms with van der Waals surface area (Å²) in [5.41, 5.74) is 4.23. The summed E-state index contributed by atoms with van der Waals surface area (Å²) in [5, 5.41) is 29.7. The molecule has 0 unspecified atom stereocenters. The second-order valence-corrected chi connectivity index (χ2v) is 7.20. The standard InChI is InChI=1S/C21H16N2O3S/c1-12-2-8-16-18(10-12)27-21(23-16)13-3-6-15(7-4-13)22-11-14-5-9-17(24)20(26)19(14)25/h2-11,24-26H,1H3. The third-order valence-corrected chi connectivity index (χ3v) is 5.24. The zero-order valence-electron chi connectivity index (χ0n) is 14.4. The number of rotatable bonds is 3. The zero-order valence-corrected chi connectivity index (χ0v) is 15.2. The zero-order chi connectivity index (χ0) is 19.0. The number of phenols is 3. The molecule has 0 radical (unpaired) electrons. The minimum atomic E-state index is -0.555. The average molecular weight is 376 g/mol. The molecular formula is C21H16N2O3S. The summed E-state index contributed by atoms with van der Waals surface area (Å²) in [7, 11) is 0. The molecule has 6 heteroatoms. The van der Waals surface area contributed by atoms with E-state index in [2.05, 4.69) is 29.0 Å². The van der Waals surface area contributed by atoms with Crippen LogP contribution in [0.15, 0.2) is 59.6 Å². The Balaban J connectivity index is 1.59. The van der Waals surface area contributed by atoms with Crippen LogP contribution in [0.4, 0.5) is 5.69 Å². The minimum absolute atomic E-state index is 0.316. The predicted octanol–water partition coefficient (Wildman–Crippen LogP) is 5.14. The highest BCUT2D eigenvalue weighted by molar-refractivity contribution is 7.21. The molecule has 0 atom stereocenters. The van der Waals surface area contributed by atoms with Crippen LogP contribution in [0.1, 0.15) is 11.1 Å². The van der Waals surface area contributed by atoms with Gasteiger partial charge < -0.3 is 15.3 Å². The molecule has 0 saturated carbocycles. The van der Waals surface area contributed by atoms with Crippen molar-refractivity contribution in [2.75, 3.05) is 0 Å². The molecule has 3 aromatic carbocycles. The van der Waals surface area contributed by atoms with Crippen molar-refractivity contribution in [2.45, 2.75) is 6.92 Å². The molecule has 134 valence electrons. The lowest BCUT2D eigenvalue weighted by molar-refractivity contribution is 0.367. The van der Waals surface area contributed by atoms with Crippen molar-refractivity contribution < 1.29 is 15.3 Å². The number of benzene rings is 3. The Morgan fingerprint density at radius 3 is 2.48 bits per heavy atom. The van der Waals surface area contributed by atoms with Gasteiger partial charge in [-0.15, -0.1) is 11.3 Å². The first-order valence-corrected chi connectivity index (χ1v) is 9.08. The van der Waals surface area contributed by atoms with Gasteiger partial charge in [0.2, 0.25) is 5.75 Å². The molecule has 4 aromatic rings. The van der Waals surface area contributed by atoms with Crippen molar-refractivity contribution in [3.63, 3.8) is 0 Å². The van der Waals surface area contributed by atoms with Gasteiger partial charge >= 0.3 is 0 Å². The molecule has 4 rings (SSSR count). The predicted molar refractivity (Wildman–Crippen MR) is 108 cm³/mol. The number of phenolic OH excluding ortho intramolecular Hbond substituents is 3. The van der Waals surface area contributed by atoms with Gasteiger partial charge in [-0.1, -0.05) is 6.07 Å². The molecular weight excluding hydrogens is 360 g/mol. The highest BCUT2D eigenvalue weighted by Gasteiger charge is 2.09. The van der Waals surface area contributed by atoms with Crippen LogP contribution in [-0.2, 0) is 0 Å².